The molecule has 0 unspecified atom stereocenters. The highest BCUT2D eigenvalue weighted by molar-refractivity contribution is 6.04. The van der Waals surface area contributed by atoms with Crippen LogP contribution in [0.4, 0.5) is 0 Å². The molecule has 2 aromatic rings. The van der Waals surface area contributed by atoms with E-state index in [-0.39, 0.29) is 5.91 Å². The smallest absolute Gasteiger partial charge is 0.255 e. The van der Waals surface area contributed by atoms with Crippen molar-refractivity contribution in [1.82, 2.24) is 20.3 Å². The van der Waals surface area contributed by atoms with E-state index in [0.717, 1.165) is 5.57 Å². The molecule has 0 saturated heterocycles. The minimum atomic E-state index is -1.00. The number of aliphatic hydroxyl groups is 1. The molecule has 0 aliphatic carbocycles. The van der Waals surface area contributed by atoms with Crippen LogP contribution in [-0.2, 0) is 0 Å². The first-order valence-electron chi connectivity index (χ1n) is 6.73. The lowest BCUT2D eigenvalue weighted by Gasteiger charge is -2.26. The second kappa shape index (κ2) is 5.29. The first kappa shape index (κ1) is 15.2. The van der Waals surface area contributed by atoms with Crippen LogP contribution < -0.4 is 5.32 Å². The molecule has 0 radical (unpaired) electrons. The maximum Gasteiger partial charge on any atom is 0.255 e. The molecule has 2 rings (SSSR count). The third kappa shape index (κ3) is 3.11. The van der Waals surface area contributed by atoms with Crippen LogP contribution in [0.5, 0.6) is 0 Å². The molecule has 112 valence electrons. The summed E-state index contributed by atoms with van der Waals surface area (Å²) in [6.45, 7) is 10.7. The van der Waals surface area contributed by atoms with E-state index in [4.69, 9.17) is 0 Å². The summed E-state index contributed by atoms with van der Waals surface area (Å²) in [5.74, 6) is -0.302. The van der Waals surface area contributed by atoms with Crippen molar-refractivity contribution in [3.8, 4) is 0 Å². The van der Waals surface area contributed by atoms with Crippen molar-refractivity contribution >= 4 is 22.6 Å². The van der Waals surface area contributed by atoms with Gasteiger partial charge in [-0.1, -0.05) is 6.58 Å². The molecule has 6 nitrogen and oxygen atoms in total. The van der Waals surface area contributed by atoms with Gasteiger partial charge in [-0.3, -0.25) is 4.79 Å². The molecule has 2 heterocycles. The second-order valence-electron chi connectivity index (χ2n) is 5.78. The van der Waals surface area contributed by atoms with E-state index in [1.807, 2.05) is 6.92 Å². The number of aromatic amines is 1. The monoisotopic (exact) mass is 288 g/mol. The van der Waals surface area contributed by atoms with Gasteiger partial charge in [-0.05, 0) is 33.3 Å². The zero-order valence-electron chi connectivity index (χ0n) is 12.7. The number of allylic oxidation sites excluding steroid dienone is 1. The number of carbonyl (C=O) groups is 1. The van der Waals surface area contributed by atoms with Gasteiger partial charge in [0.25, 0.3) is 5.91 Å². The zero-order valence-corrected chi connectivity index (χ0v) is 12.7. The summed E-state index contributed by atoms with van der Waals surface area (Å²) in [4.78, 5) is 23.9. The number of nitrogens with zero attached hydrogens (tertiary/aromatic N) is 2. The van der Waals surface area contributed by atoms with Crippen molar-refractivity contribution in [2.24, 2.45) is 0 Å². The fourth-order valence-corrected chi connectivity index (χ4v) is 1.72. The lowest BCUT2D eigenvalue weighted by atomic mass is 10.0. The fourth-order valence-electron chi connectivity index (χ4n) is 1.72. The number of aromatic nitrogens is 3. The van der Waals surface area contributed by atoms with Gasteiger partial charge in [-0.15, -0.1) is 0 Å². The van der Waals surface area contributed by atoms with Crippen LogP contribution >= 0.6 is 0 Å². The summed E-state index contributed by atoms with van der Waals surface area (Å²) in [5, 5.41) is 12.7. The Kier molecular flexibility index (Phi) is 3.82. The second-order valence-corrected chi connectivity index (χ2v) is 5.78. The summed E-state index contributed by atoms with van der Waals surface area (Å²) >= 11 is 0. The van der Waals surface area contributed by atoms with Crippen molar-refractivity contribution in [2.45, 2.75) is 39.3 Å². The van der Waals surface area contributed by atoms with Crippen molar-refractivity contribution in [1.29, 1.82) is 0 Å². The lowest BCUT2D eigenvalue weighted by Crippen LogP contribution is -2.47. The highest BCUT2D eigenvalue weighted by atomic mass is 16.3. The van der Waals surface area contributed by atoms with E-state index in [1.165, 1.54) is 0 Å². The molecule has 2 aromatic heterocycles. The third-order valence-electron chi connectivity index (χ3n) is 3.47. The molecule has 0 saturated carbocycles. The molecule has 1 amide bonds. The number of amides is 1. The molecule has 0 aliphatic heterocycles. The topological polar surface area (TPSA) is 90.9 Å². The standard InChI is InChI=1S/C15H20N4O2/c1-8(2)11-7-17-13-12(19-11)10(6-16-13)14(20)18-9(3)15(4,5)21/h6-7,9,21H,1H2,2-5H3,(H,16,17)(H,18,20)/t9-/m0/s1. The van der Waals surface area contributed by atoms with Gasteiger partial charge in [0.1, 0.15) is 5.52 Å². The van der Waals surface area contributed by atoms with E-state index < -0.39 is 11.6 Å². The van der Waals surface area contributed by atoms with Crippen molar-refractivity contribution < 1.29 is 9.90 Å². The molecule has 0 aromatic carbocycles. The van der Waals surface area contributed by atoms with E-state index >= 15 is 0 Å². The molecule has 0 fully saturated rings. The Labute approximate surface area is 123 Å². The van der Waals surface area contributed by atoms with Gasteiger partial charge in [-0.2, -0.15) is 0 Å². The van der Waals surface area contributed by atoms with Crippen LogP contribution in [0.2, 0.25) is 0 Å². The quantitative estimate of drug-likeness (QED) is 0.801. The zero-order chi connectivity index (χ0) is 15.8. The highest BCUT2D eigenvalue weighted by Gasteiger charge is 2.25. The molecule has 3 N–H and O–H groups in total. The number of hydrogen-bond acceptors (Lipinski definition) is 4. The molecule has 0 aliphatic rings. The average molecular weight is 288 g/mol. The third-order valence-corrected chi connectivity index (χ3v) is 3.47. The number of hydrogen-bond donors (Lipinski definition) is 3. The number of rotatable bonds is 4. The van der Waals surface area contributed by atoms with Crippen LogP contribution in [0, 0.1) is 0 Å². The van der Waals surface area contributed by atoms with Crippen molar-refractivity contribution in [3.63, 3.8) is 0 Å². The minimum Gasteiger partial charge on any atom is -0.388 e. The summed E-state index contributed by atoms with van der Waals surface area (Å²) in [6, 6.07) is -0.396. The van der Waals surface area contributed by atoms with Crippen LogP contribution in [0.3, 0.4) is 0 Å². The number of fused-ring (bicyclic) bond motifs is 1. The van der Waals surface area contributed by atoms with E-state index in [2.05, 4.69) is 26.8 Å². The van der Waals surface area contributed by atoms with Gasteiger partial charge in [0, 0.05) is 6.20 Å². The Morgan fingerprint density at radius 3 is 2.76 bits per heavy atom. The minimum absolute atomic E-state index is 0.302. The number of carbonyl (C=O) groups excluding carboxylic acids is 1. The summed E-state index contributed by atoms with van der Waals surface area (Å²) in [7, 11) is 0. The Morgan fingerprint density at radius 1 is 1.52 bits per heavy atom. The number of nitrogens with one attached hydrogen (secondary N) is 2. The Balaban J connectivity index is 2.35. The Morgan fingerprint density at radius 2 is 2.19 bits per heavy atom. The van der Waals surface area contributed by atoms with Crippen LogP contribution in [0.15, 0.2) is 19.0 Å². The van der Waals surface area contributed by atoms with Crippen LogP contribution in [-0.4, -0.2) is 37.6 Å². The molecular weight excluding hydrogens is 268 g/mol. The highest BCUT2D eigenvalue weighted by Crippen LogP contribution is 2.18. The first-order chi connectivity index (χ1) is 9.70. The van der Waals surface area contributed by atoms with Crippen molar-refractivity contribution in [3.05, 3.63) is 30.2 Å². The Hall–Kier alpha value is -2.21. The number of H-pyrrole nitrogens is 1. The largest absolute Gasteiger partial charge is 0.388 e. The van der Waals surface area contributed by atoms with Gasteiger partial charge in [0.2, 0.25) is 0 Å². The predicted octanol–water partition coefficient (Wildman–Crippen LogP) is 1.88. The van der Waals surface area contributed by atoms with Gasteiger partial charge in [0.05, 0.1) is 29.1 Å². The summed E-state index contributed by atoms with van der Waals surface area (Å²) < 4.78 is 0. The summed E-state index contributed by atoms with van der Waals surface area (Å²) in [5.41, 5.74) is 1.86. The van der Waals surface area contributed by atoms with E-state index in [9.17, 15) is 9.90 Å². The molecule has 6 heteroatoms. The normalized spacial score (nSPS) is 13.2. The predicted molar refractivity (Wildman–Crippen MR) is 81.8 cm³/mol. The van der Waals surface area contributed by atoms with E-state index in [1.54, 1.807) is 33.2 Å². The van der Waals surface area contributed by atoms with Crippen LogP contribution in [0.25, 0.3) is 16.7 Å². The first-order valence-corrected chi connectivity index (χ1v) is 6.73. The maximum absolute atomic E-state index is 12.3. The molecular formula is C15H20N4O2. The van der Waals surface area contributed by atoms with Crippen LogP contribution in [0.1, 0.15) is 43.7 Å². The maximum atomic E-state index is 12.3. The SMILES string of the molecule is C=C(C)c1cnc2[nH]cc(C(=O)N[C@@H](C)C(C)(C)O)c2n1. The molecule has 0 spiro atoms. The molecule has 21 heavy (non-hydrogen) atoms. The van der Waals surface area contributed by atoms with Gasteiger partial charge < -0.3 is 15.4 Å². The lowest BCUT2D eigenvalue weighted by molar-refractivity contribution is 0.0409. The van der Waals surface area contributed by atoms with Gasteiger partial charge >= 0.3 is 0 Å². The van der Waals surface area contributed by atoms with Crippen molar-refractivity contribution in [2.75, 3.05) is 0 Å². The average Bonchev–Trinajstić information content (AvgIpc) is 2.80. The summed E-state index contributed by atoms with van der Waals surface area (Å²) in [6.07, 6.45) is 3.18. The molecule has 0 bridgehead atoms. The van der Waals surface area contributed by atoms with E-state index in [0.29, 0.717) is 22.4 Å². The van der Waals surface area contributed by atoms with Gasteiger partial charge in [0.15, 0.2) is 5.65 Å². The molecule has 1 atom stereocenters. The Bertz CT molecular complexity index is 697. The fraction of sp³-hybridized carbons (Fsp3) is 0.400. The van der Waals surface area contributed by atoms with Gasteiger partial charge in [-0.25, -0.2) is 9.97 Å².